The van der Waals surface area contributed by atoms with Crippen molar-refractivity contribution < 1.29 is 14.3 Å². The van der Waals surface area contributed by atoms with E-state index in [9.17, 15) is 0 Å². The maximum absolute atomic E-state index is 5.41. The highest BCUT2D eigenvalue weighted by Gasteiger charge is 2.21. The lowest BCUT2D eigenvalue weighted by Gasteiger charge is -2.10. The van der Waals surface area contributed by atoms with E-state index < -0.39 is 0 Å². The van der Waals surface area contributed by atoms with Gasteiger partial charge in [-0.05, 0) is 40.0 Å². The van der Waals surface area contributed by atoms with Crippen LogP contribution < -0.4 is 15.0 Å². The number of fused-ring (bicyclic) bond motifs is 1. The third-order valence-corrected chi connectivity index (χ3v) is 2.95. The van der Waals surface area contributed by atoms with E-state index >= 15 is 0 Å². The van der Waals surface area contributed by atoms with Crippen LogP contribution in [0.3, 0.4) is 0 Å². The zero-order chi connectivity index (χ0) is 10.8. The Labute approximate surface area is 96.6 Å². The monoisotopic (exact) mass is 273 g/mol. The van der Waals surface area contributed by atoms with Crippen molar-refractivity contribution in [2.45, 2.75) is 13.5 Å². The quantitative estimate of drug-likeness (QED) is 0.857. The minimum absolute atomic E-state index is 0.288. The molecule has 0 bridgehead atoms. The van der Waals surface area contributed by atoms with E-state index in [0.717, 1.165) is 27.1 Å². The number of ether oxygens (including phenoxy) is 2. The Morgan fingerprint density at radius 2 is 2.20 bits per heavy atom. The van der Waals surface area contributed by atoms with E-state index in [-0.39, 0.29) is 6.79 Å². The molecule has 0 fully saturated rings. The van der Waals surface area contributed by atoms with Gasteiger partial charge in [-0.25, -0.2) is 0 Å². The highest BCUT2D eigenvalue weighted by atomic mass is 79.9. The Morgan fingerprint density at radius 1 is 1.47 bits per heavy atom. The van der Waals surface area contributed by atoms with Gasteiger partial charge in [-0.15, -0.1) is 0 Å². The summed E-state index contributed by atoms with van der Waals surface area (Å²) in [5, 5.41) is 0. The molecule has 1 aromatic rings. The zero-order valence-corrected chi connectivity index (χ0v) is 10.2. The predicted octanol–water partition coefficient (Wildman–Crippen LogP) is 2.14. The molecule has 0 aromatic heterocycles. The highest BCUT2D eigenvalue weighted by molar-refractivity contribution is 9.10. The molecular weight excluding hydrogens is 262 g/mol. The predicted molar refractivity (Wildman–Crippen MR) is 58.9 cm³/mol. The van der Waals surface area contributed by atoms with Gasteiger partial charge < -0.3 is 14.3 Å². The van der Waals surface area contributed by atoms with Crippen LogP contribution in [-0.4, -0.2) is 13.9 Å². The zero-order valence-electron chi connectivity index (χ0n) is 8.59. The highest BCUT2D eigenvalue weighted by Crippen LogP contribution is 2.43. The van der Waals surface area contributed by atoms with Gasteiger partial charge in [0.05, 0.1) is 11.6 Å². The third-order valence-electron chi connectivity index (χ3n) is 2.36. The number of hydrogen-bond acceptors (Lipinski definition) is 4. The summed E-state index contributed by atoms with van der Waals surface area (Å²) in [5.41, 5.74) is 5.00. The van der Waals surface area contributed by atoms with Gasteiger partial charge in [-0.1, -0.05) is 0 Å². The second-order valence-electron chi connectivity index (χ2n) is 3.23. The van der Waals surface area contributed by atoms with Crippen molar-refractivity contribution >= 4 is 15.9 Å². The van der Waals surface area contributed by atoms with Gasteiger partial charge in [0.25, 0.3) is 0 Å². The summed E-state index contributed by atoms with van der Waals surface area (Å²) in [7, 11) is 1.59. The fourth-order valence-electron chi connectivity index (χ4n) is 1.54. The van der Waals surface area contributed by atoms with Gasteiger partial charge in [0.15, 0.2) is 11.5 Å². The molecule has 0 spiro atoms. The maximum atomic E-state index is 5.41. The Kier molecular flexibility index (Phi) is 3.14. The Bertz CT molecular complexity index is 381. The number of nitrogens with one attached hydrogen (secondary N) is 1. The van der Waals surface area contributed by atoms with Crippen LogP contribution in [0.1, 0.15) is 11.1 Å². The molecule has 0 unspecified atom stereocenters. The molecule has 4 nitrogen and oxygen atoms in total. The molecule has 1 aromatic carbocycles. The molecule has 0 atom stereocenters. The lowest BCUT2D eigenvalue weighted by Crippen LogP contribution is -2.11. The van der Waals surface area contributed by atoms with Gasteiger partial charge in [0.1, 0.15) is 0 Å². The van der Waals surface area contributed by atoms with Crippen molar-refractivity contribution in [3.8, 4) is 11.5 Å². The van der Waals surface area contributed by atoms with Crippen LogP contribution >= 0.6 is 15.9 Å². The van der Waals surface area contributed by atoms with Gasteiger partial charge in [-0.3, -0.25) is 0 Å². The van der Waals surface area contributed by atoms with Gasteiger partial charge >= 0.3 is 0 Å². The molecule has 82 valence electrons. The van der Waals surface area contributed by atoms with Crippen molar-refractivity contribution in [1.29, 1.82) is 0 Å². The second-order valence-corrected chi connectivity index (χ2v) is 4.09. The van der Waals surface area contributed by atoms with Crippen LogP contribution in [0.2, 0.25) is 0 Å². The first-order valence-electron chi connectivity index (χ1n) is 4.57. The van der Waals surface area contributed by atoms with Gasteiger partial charge in [0, 0.05) is 6.54 Å². The van der Waals surface area contributed by atoms with E-state index in [2.05, 4.69) is 21.4 Å². The summed E-state index contributed by atoms with van der Waals surface area (Å²) >= 11 is 3.45. The third kappa shape index (κ3) is 1.95. The molecule has 0 saturated heterocycles. The number of rotatable bonds is 3. The number of halogens is 1. The number of benzene rings is 1. The van der Waals surface area contributed by atoms with Crippen molar-refractivity contribution in [2.75, 3.05) is 13.9 Å². The average Bonchev–Trinajstić information content (AvgIpc) is 2.70. The molecule has 5 heteroatoms. The van der Waals surface area contributed by atoms with E-state index in [1.54, 1.807) is 7.11 Å². The summed E-state index contributed by atoms with van der Waals surface area (Å²) < 4.78 is 11.7. The van der Waals surface area contributed by atoms with Gasteiger partial charge in [-0.2, -0.15) is 5.48 Å². The Balaban J connectivity index is 2.36. The average molecular weight is 274 g/mol. The van der Waals surface area contributed by atoms with Crippen LogP contribution in [0.25, 0.3) is 0 Å². The first-order chi connectivity index (χ1) is 7.24. The molecule has 2 rings (SSSR count). The van der Waals surface area contributed by atoms with Crippen LogP contribution in [0.5, 0.6) is 11.5 Å². The minimum Gasteiger partial charge on any atom is -0.453 e. The summed E-state index contributed by atoms with van der Waals surface area (Å²) in [4.78, 5) is 4.82. The van der Waals surface area contributed by atoms with Crippen LogP contribution in [0, 0.1) is 6.92 Å². The summed E-state index contributed by atoms with van der Waals surface area (Å²) in [6.45, 7) is 2.93. The molecule has 15 heavy (non-hydrogen) atoms. The lowest BCUT2D eigenvalue weighted by atomic mass is 10.1. The van der Waals surface area contributed by atoms with Gasteiger partial charge in [0.2, 0.25) is 6.79 Å². The van der Waals surface area contributed by atoms with E-state index in [1.807, 2.05) is 13.0 Å². The maximum Gasteiger partial charge on any atom is 0.231 e. The summed E-state index contributed by atoms with van der Waals surface area (Å²) in [6.07, 6.45) is 0. The van der Waals surface area contributed by atoms with E-state index in [1.165, 1.54) is 0 Å². The van der Waals surface area contributed by atoms with Crippen LogP contribution in [0.15, 0.2) is 10.5 Å². The molecule has 0 amide bonds. The standard InChI is InChI=1S/C10H12BrNO3/c1-6-7(4-12-13-2)3-8(11)10-9(6)14-5-15-10/h3,12H,4-5H2,1-2H3. The van der Waals surface area contributed by atoms with E-state index in [4.69, 9.17) is 14.3 Å². The number of hydroxylamine groups is 1. The Hall–Kier alpha value is -0.780. The molecule has 1 aliphatic heterocycles. The largest absolute Gasteiger partial charge is 0.453 e. The van der Waals surface area contributed by atoms with Crippen molar-refractivity contribution in [3.63, 3.8) is 0 Å². The Morgan fingerprint density at radius 3 is 2.93 bits per heavy atom. The van der Waals surface area contributed by atoms with Crippen molar-refractivity contribution in [1.82, 2.24) is 5.48 Å². The fraction of sp³-hybridized carbons (Fsp3) is 0.400. The molecule has 0 aliphatic carbocycles. The molecule has 1 N–H and O–H groups in total. The number of hydrogen-bond donors (Lipinski definition) is 1. The lowest BCUT2D eigenvalue weighted by molar-refractivity contribution is 0.0865. The normalized spacial score (nSPS) is 13.3. The summed E-state index contributed by atoms with van der Waals surface area (Å²) in [5.74, 6) is 1.60. The first-order valence-corrected chi connectivity index (χ1v) is 5.36. The van der Waals surface area contributed by atoms with Crippen LogP contribution in [-0.2, 0) is 11.4 Å². The first kappa shape index (κ1) is 10.7. The molecule has 0 saturated carbocycles. The van der Waals surface area contributed by atoms with Crippen molar-refractivity contribution in [2.24, 2.45) is 0 Å². The second kappa shape index (κ2) is 4.38. The minimum atomic E-state index is 0.288. The molecule has 0 radical (unpaired) electrons. The summed E-state index contributed by atoms with van der Waals surface area (Å²) in [6, 6.07) is 2.01. The smallest absolute Gasteiger partial charge is 0.231 e. The molecule has 1 heterocycles. The molecular formula is C10H12BrNO3. The van der Waals surface area contributed by atoms with Crippen molar-refractivity contribution in [3.05, 3.63) is 21.7 Å². The molecule has 1 aliphatic rings. The van der Waals surface area contributed by atoms with Crippen LogP contribution in [0.4, 0.5) is 0 Å². The van der Waals surface area contributed by atoms with E-state index in [0.29, 0.717) is 6.54 Å². The topological polar surface area (TPSA) is 39.7 Å². The SMILES string of the molecule is CONCc1cc(Br)c2c(c1C)OCO2. The fourth-order valence-corrected chi connectivity index (χ4v) is 2.11.